The molecule has 2 aromatic heterocycles. The maximum absolute atomic E-state index is 13.3. The second-order valence-electron chi connectivity index (χ2n) is 9.88. The van der Waals surface area contributed by atoms with Crippen LogP contribution in [0.4, 0.5) is 5.69 Å². The van der Waals surface area contributed by atoms with Crippen LogP contribution in [-0.2, 0) is 25.8 Å². The molecule has 14 heteroatoms. The van der Waals surface area contributed by atoms with Crippen molar-refractivity contribution >= 4 is 66.7 Å². The number of nitrogens with zero attached hydrogens (tertiary/aromatic N) is 2. The van der Waals surface area contributed by atoms with Crippen LogP contribution < -0.4 is 16.6 Å². The van der Waals surface area contributed by atoms with E-state index in [4.69, 9.17) is 27.9 Å². The average Bonchev–Trinajstić information content (AvgIpc) is 3.40. The zero-order valence-corrected chi connectivity index (χ0v) is 25.5. The van der Waals surface area contributed by atoms with Gasteiger partial charge < -0.3 is 15.0 Å². The number of Topliss-reactive ketones (excluding diaryl/α,β-unsaturated/α-hetero) is 1. The van der Waals surface area contributed by atoms with Gasteiger partial charge in [-0.05, 0) is 61.0 Å². The van der Waals surface area contributed by atoms with E-state index in [0.717, 1.165) is 67.4 Å². The molecule has 5 rings (SSSR count). The number of morpholine rings is 1. The molecule has 3 heterocycles. The lowest BCUT2D eigenvalue weighted by atomic mass is 10.1. The normalized spacial score (nSPS) is 14.3. The van der Waals surface area contributed by atoms with Crippen LogP contribution in [0, 0.1) is 0 Å². The van der Waals surface area contributed by atoms with Crippen molar-refractivity contribution in [2.75, 3.05) is 50.5 Å². The number of aromatic nitrogens is 2. The van der Waals surface area contributed by atoms with Gasteiger partial charge >= 0.3 is 5.69 Å². The molecule has 0 aliphatic carbocycles. The summed E-state index contributed by atoms with van der Waals surface area (Å²) in [5, 5.41) is 3.71. The zero-order chi connectivity index (χ0) is 29.9. The minimum Gasteiger partial charge on any atom is -0.385 e. The van der Waals surface area contributed by atoms with E-state index in [2.05, 4.69) is 15.2 Å². The molecule has 0 spiro atoms. The fourth-order valence-corrected chi connectivity index (χ4v) is 7.87. The topological polar surface area (TPSA) is 131 Å². The van der Waals surface area contributed by atoms with Crippen LogP contribution in [0.5, 0.6) is 0 Å². The molecule has 2 N–H and O–H groups in total. The number of nitrogens with one attached hydrogen (secondary N) is 2. The van der Waals surface area contributed by atoms with Crippen molar-refractivity contribution in [2.24, 2.45) is 0 Å². The van der Waals surface area contributed by atoms with Gasteiger partial charge in [0.25, 0.3) is 5.56 Å². The van der Waals surface area contributed by atoms with Gasteiger partial charge in [-0.3, -0.25) is 14.5 Å². The number of ketones is 1. The summed E-state index contributed by atoms with van der Waals surface area (Å²) in [6, 6.07) is 12.4. The van der Waals surface area contributed by atoms with E-state index in [1.54, 1.807) is 18.2 Å². The van der Waals surface area contributed by atoms with E-state index < -0.39 is 32.6 Å². The Morgan fingerprint density at radius 3 is 2.55 bits per heavy atom. The van der Waals surface area contributed by atoms with Crippen molar-refractivity contribution in [3.8, 4) is 5.69 Å². The van der Waals surface area contributed by atoms with Crippen molar-refractivity contribution in [3.63, 3.8) is 0 Å². The molecule has 1 saturated heterocycles. The number of rotatable bonds is 11. The summed E-state index contributed by atoms with van der Waals surface area (Å²) in [6.45, 7) is 5.09. The Hall–Kier alpha value is -3.00. The van der Waals surface area contributed by atoms with E-state index in [-0.39, 0.29) is 21.3 Å². The number of benzene rings is 2. The smallest absolute Gasteiger partial charge is 0.333 e. The fourth-order valence-electron chi connectivity index (χ4n) is 4.78. The fraction of sp³-hybridized carbons (Fsp3) is 0.321. The number of halogens is 2. The Balaban J connectivity index is 1.28. The van der Waals surface area contributed by atoms with E-state index in [1.807, 2.05) is 0 Å². The summed E-state index contributed by atoms with van der Waals surface area (Å²) < 4.78 is 31.7. The third-order valence-electron chi connectivity index (χ3n) is 6.84. The van der Waals surface area contributed by atoms with Gasteiger partial charge in [0.2, 0.25) is 0 Å². The molecule has 0 atom stereocenters. The Kier molecular flexibility index (Phi) is 9.50. The van der Waals surface area contributed by atoms with Crippen molar-refractivity contribution < 1.29 is 17.9 Å². The summed E-state index contributed by atoms with van der Waals surface area (Å²) in [4.78, 5) is 44.0. The number of carbonyl (C=O) groups is 1. The molecular formula is C28H28Cl2N4O6S2. The second kappa shape index (κ2) is 13.1. The van der Waals surface area contributed by atoms with Gasteiger partial charge in [0.1, 0.15) is 9.96 Å². The molecule has 4 aromatic rings. The molecule has 2 aromatic carbocycles. The van der Waals surface area contributed by atoms with E-state index in [0.29, 0.717) is 20.8 Å². The van der Waals surface area contributed by atoms with Crippen LogP contribution in [0.25, 0.3) is 16.6 Å². The van der Waals surface area contributed by atoms with Crippen molar-refractivity contribution in [2.45, 2.75) is 17.1 Å². The second-order valence-corrected chi connectivity index (χ2v) is 14.2. The third-order valence-corrected chi connectivity index (χ3v) is 10.6. The van der Waals surface area contributed by atoms with Crippen molar-refractivity contribution in [3.05, 3.63) is 84.3 Å². The molecule has 0 radical (unpaired) electrons. The SMILES string of the molecule is O=C(Cc1ccc(-n2c(=O)[nH]c3cc(NCCCN4CCOCC4)ccc3c2=O)c(Cl)c1)CS(=O)(=O)c1ccc(Cl)s1. The van der Waals surface area contributed by atoms with Gasteiger partial charge in [0.15, 0.2) is 15.6 Å². The van der Waals surface area contributed by atoms with E-state index in [1.165, 1.54) is 30.3 Å². The van der Waals surface area contributed by atoms with Crippen LogP contribution in [0.15, 0.2) is 62.3 Å². The zero-order valence-electron chi connectivity index (χ0n) is 22.4. The monoisotopic (exact) mass is 650 g/mol. The highest BCUT2D eigenvalue weighted by Gasteiger charge is 2.22. The minimum atomic E-state index is -3.82. The number of anilines is 1. The number of aromatic amines is 1. The average molecular weight is 652 g/mol. The summed E-state index contributed by atoms with van der Waals surface area (Å²) in [7, 11) is -3.82. The molecule has 0 amide bonds. The maximum atomic E-state index is 13.3. The number of hydrogen-bond donors (Lipinski definition) is 2. The number of sulfone groups is 1. The van der Waals surface area contributed by atoms with Gasteiger partial charge in [-0.15, -0.1) is 11.3 Å². The number of fused-ring (bicyclic) bond motifs is 1. The molecule has 42 heavy (non-hydrogen) atoms. The Morgan fingerprint density at radius 2 is 1.83 bits per heavy atom. The highest BCUT2D eigenvalue weighted by atomic mass is 35.5. The highest BCUT2D eigenvalue weighted by molar-refractivity contribution is 7.94. The van der Waals surface area contributed by atoms with Crippen molar-refractivity contribution in [1.29, 1.82) is 0 Å². The molecular weight excluding hydrogens is 623 g/mol. The summed E-state index contributed by atoms with van der Waals surface area (Å²) in [5.41, 5.74) is 0.567. The van der Waals surface area contributed by atoms with Gasteiger partial charge in [-0.2, -0.15) is 0 Å². The standard InChI is InChI=1S/C28H28Cl2N4O6S2/c29-22-15-18(14-20(35)17-42(38,39)26-7-6-25(30)41-26)2-5-24(22)34-27(36)21-4-3-19(16-23(21)32-28(34)37)31-8-1-9-33-10-12-40-13-11-33/h2-7,15-16,31H,1,8-14,17H2,(H,32,37). The van der Waals surface area contributed by atoms with Crippen LogP contribution in [-0.4, -0.2) is 73.8 Å². The largest absolute Gasteiger partial charge is 0.385 e. The van der Waals surface area contributed by atoms with E-state index in [9.17, 15) is 22.8 Å². The number of carbonyl (C=O) groups excluding carboxylic acids is 1. The van der Waals surface area contributed by atoms with Gasteiger partial charge in [0, 0.05) is 31.7 Å². The van der Waals surface area contributed by atoms with E-state index >= 15 is 0 Å². The molecule has 1 fully saturated rings. The number of hydrogen-bond acceptors (Lipinski definition) is 9. The van der Waals surface area contributed by atoms with Gasteiger partial charge in [-0.1, -0.05) is 29.3 Å². The summed E-state index contributed by atoms with van der Waals surface area (Å²) >= 11 is 13.2. The third kappa shape index (κ3) is 7.13. The minimum absolute atomic E-state index is 0.0239. The van der Waals surface area contributed by atoms with Crippen LogP contribution in [0.2, 0.25) is 9.36 Å². The lowest BCUT2D eigenvalue weighted by Crippen LogP contribution is -2.37. The number of thiophene rings is 1. The Morgan fingerprint density at radius 1 is 1.05 bits per heavy atom. The molecule has 0 bridgehead atoms. The molecule has 1 aliphatic rings. The van der Waals surface area contributed by atoms with Crippen molar-refractivity contribution in [1.82, 2.24) is 14.5 Å². The molecule has 0 unspecified atom stereocenters. The first-order valence-corrected chi connectivity index (χ1v) is 16.4. The number of ether oxygens (including phenoxy) is 1. The first-order chi connectivity index (χ1) is 20.1. The predicted molar refractivity (Wildman–Crippen MR) is 166 cm³/mol. The molecule has 10 nitrogen and oxygen atoms in total. The summed E-state index contributed by atoms with van der Waals surface area (Å²) in [6.07, 6.45) is 0.749. The number of H-pyrrole nitrogens is 1. The van der Waals surface area contributed by atoms with Gasteiger partial charge in [-0.25, -0.2) is 17.8 Å². The molecule has 1 aliphatic heterocycles. The maximum Gasteiger partial charge on any atom is 0.333 e. The molecule has 222 valence electrons. The Labute approximate surface area is 255 Å². The first-order valence-electron chi connectivity index (χ1n) is 13.2. The summed E-state index contributed by atoms with van der Waals surface area (Å²) in [5.74, 6) is -1.22. The first kappa shape index (κ1) is 30.5. The highest BCUT2D eigenvalue weighted by Crippen LogP contribution is 2.27. The Bertz CT molecular complexity index is 1850. The van der Waals surface area contributed by atoms with Crippen LogP contribution in [0.3, 0.4) is 0 Å². The quantitative estimate of drug-likeness (QED) is 0.235. The molecule has 0 saturated carbocycles. The van der Waals surface area contributed by atoms with Gasteiger partial charge in [0.05, 0.1) is 39.2 Å². The van der Waals surface area contributed by atoms with Crippen LogP contribution in [0.1, 0.15) is 12.0 Å². The predicted octanol–water partition coefficient (Wildman–Crippen LogP) is 3.77. The lowest BCUT2D eigenvalue weighted by molar-refractivity contribution is -0.116. The lowest BCUT2D eigenvalue weighted by Gasteiger charge is -2.26. The van der Waals surface area contributed by atoms with Crippen LogP contribution >= 0.6 is 34.5 Å².